The highest BCUT2D eigenvalue weighted by Gasteiger charge is 2.33. The maximum Gasteiger partial charge on any atom is 0.249 e. The average Bonchev–Trinajstić information content (AvgIpc) is 3.54. The number of sulfonamides is 1. The van der Waals surface area contributed by atoms with Gasteiger partial charge in [-0.3, -0.25) is 9.52 Å². The maximum absolute atomic E-state index is 13.0. The number of ether oxygens (including phenoxy) is 1. The number of hydrogen-bond acceptors (Lipinski definition) is 7. The summed E-state index contributed by atoms with van der Waals surface area (Å²) < 4.78 is 36.9. The van der Waals surface area contributed by atoms with Gasteiger partial charge in [-0.05, 0) is 66.6 Å². The Labute approximate surface area is 268 Å². The second-order valence-corrected chi connectivity index (χ2v) is 14.5. The number of nitrogens with one attached hydrogen (secondary N) is 1. The summed E-state index contributed by atoms with van der Waals surface area (Å²) in [5.41, 5.74) is 12.7. The fraction of sp³-hybridized carbons (Fsp3) is 0.294. The number of aromatic nitrogens is 5. The van der Waals surface area contributed by atoms with E-state index in [2.05, 4.69) is 15.0 Å². The molecule has 46 heavy (non-hydrogen) atoms. The molecule has 1 aliphatic rings. The van der Waals surface area contributed by atoms with Gasteiger partial charge in [0.15, 0.2) is 5.75 Å². The summed E-state index contributed by atoms with van der Waals surface area (Å²) in [6.07, 6.45) is 6.86. The summed E-state index contributed by atoms with van der Waals surface area (Å²) >= 11 is 0. The Kier molecular flexibility index (Phi) is 7.71. The van der Waals surface area contributed by atoms with Gasteiger partial charge in [0, 0.05) is 28.2 Å². The number of primary amides is 1. The normalized spacial score (nSPS) is 13.5. The molecule has 12 heteroatoms. The molecule has 1 amide bonds. The molecule has 5 aromatic rings. The van der Waals surface area contributed by atoms with Crippen molar-refractivity contribution in [1.29, 1.82) is 0 Å². The van der Waals surface area contributed by atoms with E-state index in [-0.39, 0.29) is 22.4 Å². The van der Waals surface area contributed by atoms with Gasteiger partial charge in [0.25, 0.3) is 0 Å². The number of nitrogens with zero attached hydrogens (tertiary/aromatic N) is 5. The molecule has 1 fully saturated rings. The lowest BCUT2D eigenvalue weighted by Crippen LogP contribution is -2.18. The Bertz CT molecular complexity index is 2070. The van der Waals surface area contributed by atoms with Crippen LogP contribution < -0.4 is 15.2 Å². The fourth-order valence-electron chi connectivity index (χ4n) is 5.79. The molecule has 0 bridgehead atoms. The van der Waals surface area contributed by atoms with Crippen molar-refractivity contribution in [1.82, 2.24) is 24.8 Å². The van der Waals surface area contributed by atoms with Gasteiger partial charge in [0.2, 0.25) is 15.9 Å². The molecule has 0 aliphatic heterocycles. The summed E-state index contributed by atoms with van der Waals surface area (Å²) in [4.78, 5) is 13.0. The lowest BCUT2D eigenvalue weighted by atomic mass is 9.83. The van der Waals surface area contributed by atoms with Crippen LogP contribution in [0, 0.1) is 6.92 Å². The number of amides is 1. The Balaban J connectivity index is 1.59. The highest BCUT2D eigenvalue weighted by Crippen LogP contribution is 2.47. The van der Waals surface area contributed by atoms with E-state index in [4.69, 9.17) is 15.6 Å². The molecule has 2 aromatic heterocycles. The second-order valence-electron chi connectivity index (χ2n) is 12.8. The average molecular weight is 640 g/mol. The highest BCUT2D eigenvalue weighted by molar-refractivity contribution is 7.92. The number of methoxy groups -OCH3 is 1. The van der Waals surface area contributed by atoms with Gasteiger partial charge in [0.1, 0.15) is 5.69 Å². The Hall–Kier alpha value is -4.97. The third kappa shape index (κ3) is 5.87. The summed E-state index contributed by atoms with van der Waals surface area (Å²) in [6.45, 7) is 7.97. The van der Waals surface area contributed by atoms with E-state index in [9.17, 15) is 13.2 Å². The number of benzene rings is 3. The highest BCUT2D eigenvalue weighted by atomic mass is 32.2. The molecule has 6 rings (SSSR count). The molecule has 0 spiro atoms. The Morgan fingerprint density at radius 1 is 1.07 bits per heavy atom. The second kappa shape index (κ2) is 11.4. The van der Waals surface area contributed by atoms with E-state index in [0.29, 0.717) is 28.4 Å². The first kappa shape index (κ1) is 31.0. The van der Waals surface area contributed by atoms with Crippen molar-refractivity contribution < 1.29 is 17.9 Å². The van der Waals surface area contributed by atoms with Gasteiger partial charge >= 0.3 is 0 Å². The summed E-state index contributed by atoms with van der Waals surface area (Å²) in [6, 6.07) is 17.1. The SMILES string of the molecule is COc1c(NS(C)(=O)=O)cc(C(C)(C)C)cc1-c1c(C(N)=O)ccc(C)c1-n1cc(-c2cnn(-c3ccccc3)c2C2CC2)nn1. The Morgan fingerprint density at radius 2 is 1.78 bits per heavy atom. The van der Waals surface area contributed by atoms with Crippen molar-refractivity contribution in [3.8, 4) is 39.5 Å². The first-order valence-corrected chi connectivity index (χ1v) is 16.9. The van der Waals surface area contributed by atoms with Crippen molar-refractivity contribution in [3.05, 3.63) is 89.4 Å². The quantitative estimate of drug-likeness (QED) is 0.209. The van der Waals surface area contributed by atoms with Crippen LogP contribution in [-0.2, 0) is 15.4 Å². The van der Waals surface area contributed by atoms with E-state index in [0.717, 1.165) is 47.2 Å². The van der Waals surface area contributed by atoms with Gasteiger partial charge < -0.3 is 10.5 Å². The molecule has 11 nitrogen and oxygen atoms in total. The smallest absolute Gasteiger partial charge is 0.249 e. The van der Waals surface area contributed by atoms with Crippen molar-refractivity contribution in [2.24, 2.45) is 5.73 Å². The molecule has 0 radical (unpaired) electrons. The largest absolute Gasteiger partial charge is 0.494 e. The van der Waals surface area contributed by atoms with Crippen molar-refractivity contribution in [3.63, 3.8) is 0 Å². The third-order valence-electron chi connectivity index (χ3n) is 8.14. The number of aryl methyl sites for hydroxylation is 1. The number of anilines is 1. The van der Waals surface area contributed by atoms with Crippen LogP contribution in [0.4, 0.5) is 5.69 Å². The minimum atomic E-state index is -3.68. The molecule has 0 saturated heterocycles. The van der Waals surface area contributed by atoms with Gasteiger partial charge in [-0.2, -0.15) is 5.10 Å². The van der Waals surface area contributed by atoms with Crippen LogP contribution in [0.3, 0.4) is 0 Å². The first-order chi connectivity index (χ1) is 21.8. The molecule has 2 heterocycles. The van der Waals surface area contributed by atoms with Gasteiger partial charge in [-0.15, -0.1) is 5.10 Å². The van der Waals surface area contributed by atoms with E-state index >= 15 is 0 Å². The van der Waals surface area contributed by atoms with Crippen LogP contribution in [0.25, 0.3) is 33.8 Å². The van der Waals surface area contributed by atoms with Crippen molar-refractivity contribution in [2.75, 3.05) is 18.1 Å². The molecular weight excluding hydrogens is 602 g/mol. The van der Waals surface area contributed by atoms with Gasteiger partial charge in [0.05, 0.1) is 48.5 Å². The zero-order chi connectivity index (χ0) is 33.0. The van der Waals surface area contributed by atoms with Crippen LogP contribution >= 0.6 is 0 Å². The van der Waals surface area contributed by atoms with E-state index in [1.807, 2.05) is 81.2 Å². The van der Waals surface area contributed by atoms with E-state index in [1.54, 1.807) is 22.9 Å². The van der Waals surface area contributed by atoms with Crippen LogP contribution in [-0.4, -0.2) is 52.5 Å². The van der Waals surface area contributed by atoms with Gasteiger partial charge in [-0.1, -0.05) is 50.3 Å². The minimum absolute atomic E-state index is 0.225. The zero-order valence-electron chi connectivity index (χ0n) is 26.7. The standard InChI is InChI=1S/C34H37N7O4S/c1-20-12-15-24(33(35)42)29(25-16-22(34(2,3)4)17-27(32(25)45-5)38-46(6,43)44)30(20)40-19-28(37-39-40)26-18-36-41(31(26)21-13-14-21)23-10-8-7-9-11-23/h7-12,15-19,21,38H,13-14H2,1-6H3,(H2,35,42). The summed E-state index contributed by atoms with van der Waals surface area (Å²) in [7, 11) is -2.22. The topological polar surface area (TPSA) is 147 Å². The summed E-state index contributed by atoms with van der Waals surface area (Å²) in [5.74, 6) is -0.0469. The molecule has 3 N–H and O–H groups in total. The monoisotopic (exact) mass is 639 g/mol. The zero-order valence-corrected chi connectivity index (χ0v) is 27.5. The van der Waals surface area contributed by atoms with E-state index < -0.39 is 15.9 Å². The predicted molar refractivity (Wildman–Crippen MR) is 178 cm³/mol. The number of carbonyl (C=O) groups is 1. The number of rotatable bonds is 9. The van der Waals surface area contributed by atoms with Gasteiger partial charge in [-0.25, -0.2) is 17.8 Å². The van der Waals surface area contributed by atoms with E-state index in [1.165, 1.54) is 7.11 Å². The maximum atomic E-state index is 13.0. The Morgan fingerprint density at radius 3 is 2.39 bits per heavy atom. The minimum Gasteiger partial charge on any atom is -0.494 e. The molecule has 1 aliphatic carbocycles. The predicted octanol–water partition coefficient (Wildman–Crippen LogP) is 5.75. The number of carbonyl (C=O) groups excluding carboxylic acids is 1. The van der Waals surface area contributed by atoms with Crippen molar-refractivity contribution >= 4 is 21.6 Å². The van der Waals surface area contributed by atoms with Crippen molar-refractivity contribution in [2.45, 2.75) is 51.9 Å². The molecule has 1 saturated carbocycles. The van der Waals surface area contributed by atoms with Crippen LogP contribution in [0.2, 0.25) is 0 Å². The third-order valence-corrected chi connectivity index (χ3v) is 8.73. The number of para-hydroxylation sites is 1. The fourth-order valence-corrected chi connectivity index (χ4v) is 6.34. The molecule has 3 aromatic carbocycles. The lowest BCUT2D eigenvalue weighted by molar-refractivity contribution is 0.100. The molecule has 0 unspecified atom stereocenters. The van der Waals surface area contributed by atoms with Crippen LogP contribution in [0.15, 0.2) is 67.0 Å². The molecule has 0 atom stereocenters. The molecular formula is C34H37N7O4S. The van der Waals surface area contributed by atoms with Crippen LogP contribution in [0.1, 0.15) is 66.7 Å². The molecule has 238 valence electrons. The van der Waals surface area contributed by atoms with Crippen LogP contribution in [0.5, 0.6) is 5.75 Å². The number of nitrogens with two attached hydrogens (primary N) is 1. The summed E-state index contributed by atoms with van der Waals surface area (Å²) in [5, 5.41) is 13.8. The lowest BCUT2D eigenvalue weighted by Gasteiger charge is -2.25. The number of hydrogen-bond donors (Lipinski definition) is 2. The first-order valence-electron chi connectivity index (χ1n) is 15.0.